The maximum atomic E-state index is 12.9. The number of allylic oxidation sites excluding steroid dienone is 2. The maximum absolute atomic E-state index is 12.9. The van der Waals surface area contributed by atoms with Gasteiger partial charge in [-0.05, 0) is 32.1 Å². The minimum atomic E-state index is -4.60. The number of esters is 2. The normalized spacial score (nSPS) is 19.4. The number of hydrogen-bond acceptors (Lipinski definition) is 11. The smallest absolute Gasteiger partial charge is 0.306 e. The lowest BCUT2D eigenvalue weighted by atomic mass is 10.00. The molecule has 1 saturated heterocycles. The Morgan fingerprint density at radius 1 is 0.500 bits per heavy atom. The summed E-state index contributed by atoms with van der Waals surface area (Å²) in [5.74, 6) is -1.97. The van der Waals surface area contributed by atoms with Gasteiger partial charge in [0.1, 0.15) is 36.8 Å². The van der Waals surface area contributed by atoms with Crippen LogP contribution in [0.1, 0.15) is 258 Å². The van der Waals surface area contributed by atoms with Crippen molar-refractivity contribution >= 4 is 22.1 Å². The molecule has 0 bridgehead atoms. The largest absolute Gasteiger partial charge is 0.462 e. The fourth-order valence-corrected chi connectivity index (χ4v) is 9.29. The van der Waals surface area contributed by atoms with Gasteiger partial charge in [0.05, 0.1) is 6.61 Å². The first kappa shape index (κ1) is 62.4. The van der Waals surface area contributed by atoms with Crippen molar-refractivity contribution in [3.05, 3.63) is 12.2 Å². The van der Waals surface area contributed by atoms with Gasteiger partial charge in [-0.2, -0.15) is 8.42 Å². The van der Waals surface area contributed by atoms with Crippen molar-refractivity contribution in [3.63, 3.8) is 0 Å². The van der Waals surface area contributed by atoms with E-state index < -0.39 is 71.2 Å². The molecule has 2 unspecified atom stereocenters. The molecular formula is C53H100O12S. The highest BCUT2D eigenvalue weighted by atomic mass is 32.2. The van der Waals surface area contributed by atoms with Gasteiger partial charge in [0.2, 0.25) is 0 Å². The van der Waals surface area contributed by atoms with Crippen LogP contribution in [-0.2, 0) is 38.7 Å². The van der Waals surface area contributed by atoms with Crippen LogP contribution in [0.25, 0.3) is 0 Å². The van der Waals surface area contributed by atoms with Crippen LogP contribution >= 0.6 is 0 Å². The summed E-state index contributed by atoms with van der Waals surface area (Å²) >= 11 is 0. The van der Waals surface area contributed by atoms with Crippen LogP contribution in [0.4, 0.5) is 0 Å². The Balaban J connectivity index is 2.31. The number of aliphatic hydroxyl groups excluding tert-OH is 3. The van der Waals surface area contributed by atoms with Gasteiger partial charge in [-0.3, -0.25) is 14.1 Å². The summed E-state index contributed by atoms with van der Waals surface area (Å²) in [5, 5.41) is 31.0. The lowest BCUT2D eigenvalue weighted by molar-refractivity contribution is -0.297. The Morgan fingerprint density at radius 3 is 1.30 bits per heavy atom. The number of carbonyl (C=O) groups is 2. The molecule has 1 fully saturated rings. The zero-order valence-electron chi connectivity index (χ0n) is 42.1. The summed E-state index contributed by atoms with van der Waals surface area (Å²) in [5.41, 5.74) is 0. The standard InChI is InChI=1S/C53H100O12S/c1-3-5-7-9-11-13-15-17-19-20-21-22-23-24-25-26-28-30-32-34-36-38-40-42-49(55)64-46(44-63-53-52(58)51(57)50(56)47(65-53)45-66(59,60)61)43-62-48(54)41-39-37-35-33-31-29-27-18-16-14-12-10-8-6-4-2/h10,12,46-47,50-53,56-58H,3-9,11,13-45H2,1-2H3,(H,59,60,61)/b12-10+/t46-,47-,50-,51?,52?,53+/m1/s1. The molecule has 0 amide bonds. The first-order valence-corrected chi connectivity index (χ1v) is 28.9. The van der Waals surface area contributed by atoms with Gasteiger partial charge in [-0.25, -0.2) is 0 Å². The Morgan fingerprint density at radius 2 is 0.879 bits per heavy atom. The van der Waals surface area contributed by atoms with Gasteiger partial charge in [0.15, 0.2) is 12.4 Å². The quantitative estimate of drug-likeness (QED) is 0.0196. The van der Waals surface area contributed by atoms with E-state index in [-0.39, 0.29) is 19.4 Å². The molecule has 6 atom stereocenters. The van der Waals surface area contributed by atoms with Crippen molar-refractivity contribution in [2.24, 2.45) is 0 Å². The van der Waals surface area contributed by atoms with E-state index in [0.717, 1.165) is 38.5 Å². The number of unbranched alkanes of at least 4 members (excludes halogenated alkanes) is 33. The summed E-state index contributed by atoms with van der Waals surface area (Å²) in [6.45, 7) is 3.78. The molecule has 1 rings (SSSR count). The number of carbonyl (C=O) groups excluding carboxylic acids is 2. The van der Waals surface area contributed by atoms with Gasteiger partial charge in [0.25, 0.3) is 10.1 Å². The molecule has 0 spiro atoms. The number of ether oxygens (including phenoxy) is 4. The van der Waals surface area contributed by atoms with Crippen LogP contribution in [0, 0.1) is 0 Å². The second kappa shape index (κ2) is 43.4. The summed E-state index contributed by atoms with van der Waals surface area (Å²) in [7, 11) is -4.60. The average molecular weight is 961 g/mol. The molecule has 390 valence electrons. The molecule has 0 aliphatic carbocycles. The lowest BCUT2D eigenvalue weighted by Gasteiger charge is -2.40. The second-order valence-electron chi connectivity index (χ2n) is 19.3. The first-order chi connectivity index (χ1) is 32.0. The van der Waals surface area contributed by atoms with E-state index in [0.29, 0.717) is 12.8 Å². The molecule has 1 aliphatic heterocycles. The molecule has 4 N–H and O–H groups in total. The monoisotopic (exact) mass is 961 g/mol. The molecular weight excluding hydrogens is 861 g/mol. The van der Waals surface area contributed by atoms with E-state index in [1.54, 1.807) is 0 Å². The van der Waals surface area contributed by atoms with Crippen LogP contribution in [-0.4, -0.2) is 96.0 Å². The molecule has 0 saturated carbocycles. The first-order valence-electron chi connectivity index (χ1n) is 27.2. The molecule has 0 radical (unpaired) electrons. The van der Waals surface area contributed by atoms with E-state index in [1.165, 1.54) is 180 Å². The molecule has 12 nitrogen and oxygen atoms in total. The van der Waals surface area contributed by atoms with E-state index >= 15 is 0 Å². The fourth-order valence-electron chi connectivity index (χ4n) is 8.60. The highest BCUT2D eigenvalue weighted by Gasteiger charge is 2.46. The number of rotatable bonds is 47. The van der Waals surface area contributed by atoms with Gasteiger partial charge in [0, 0.05) is 12.8 Å². The van der Waals surface area contributed by atoms with Crippen molar-refractivity contribution in [2.75, 3.05) is 19.0 Å². The minimum Gasteiger partial charge on any atom is -0.462 e. The third kappa shape index (κ3) is 37.3. The second-order valence-corrected chi connectivity index (χ2v) is 20.8. The zero-order chi connectivity index (χ0) is 48.4. The van der Waals surface area contributed by atoms with Gasteiger partial charge in [-0.1, -0.05) is 225 Å². The summed E-state index contributed by atoms with van der Waals surface area (Å²) < 4.78 is 54.3. The predicted octanol–water partition coefficient (Wildman–Crippen LogP) is 12.6. The van der Waals surface area contributed by atoms with E-state index in [1.807, 2.05) is 0 Å². The number of hydrogen-bond donors (Lipinski definition) is 4. The van der Waals surface area contributed by atoms with Crippen molar-refractivity contribution in [2.45, 2.75) is 295 Å². The maximum Gasteiger partial charge on any atom is 0.306 e. The third-order valence-corrected chi connectivity index (χ3v) is 13.6. The molecule has 0 aromatic rings. The van der Waals surface area contributed by atoms with E-state index in [9.17, 15) is 37.9 Å². The van der Waals surface area contributed by atoms with Crippen LogP contribution in [0.2, 0.25) is 0 Å². The number of aliphatic hydroxyl groups is 3. The third-order valence-electron chi connectivity index (χ3n) is 12.8. The Hall–Kier alpha value is -1.61. The summed E-state index contributed by atoms with van der Waals surface area (Å²) in [4.78, 5) is 25.5. The van der Waals surface area contributed by atoms with Crippen molar-refractivity contribution < 1.29 is 56.8 Å². The highest BCUT2D eigenvalue weighted by molar-refractivity contribution is 7.85. The topological polar surface area (TPSA) is 186 Å². The van der Waals surface area contributed by atoms with Crippen molar-refractivity contribution in [3.8, 4) is 0 Å². The van der Waals surface area contributed by atoms with Crippen molar-refractivity contribution in [1.29, 1.82) is 0 Å². The lowest BCUT2D eigenvalue weighted by Crippen LogP contribution is -2.60. The van der Waals surface area contributed by atoms with Crippen LogP contribution in [0.3, 0.4) is 0 Å². The van der Waals surface area contributed by atoms with E-state index in [2.05, 4.69) is 26.0 Å². The zero-order valence-corrected chi connectivity index (χ0v) is 42.9. The molecule has 1 heterocycles. The Labute approximate surface area is 403 Å². The van der Waals surface area contributed by atoms with Gasteiger partial charge in [-0.15, -0.1) is 0 Å². The predicted molar refractivity (Wildman–Crippen MR) is 266 cm³/mol. The Kier molecular flexibility index (Phi) is 41.0. The van der Waals surface area contributed by atoms with Crippen LogP contribution < -0.4 is 0 Å². The molecule has 0 aromatic heterocycles. The SMILES string of the molecule is CCCC/C=C/CCCCCCCCCCCC(=O)OC[C@H](CO[C@H]1O[C@H](CS(=O)(=O)O)[C@@H](O)C(O)C1O)OC(=O)CCCCCCCCCCCCCCCCCCCCCCCCC. The van der Waals surface area contributed by atoms with Crippen molar-refractivity contribution in [1.82, 2.24) is 0 Å². The fraction of sp³-hybridized carbons (Fsp3) is 0.925. The van der Waals surface area contributed by atoms with E-state index in [4.69, 9.17) is 18.9 Å². The summed E-state index contributed by atoms with van der Waals surface area (Å²) in [6, 6.07) is 0. The minimum absolute atomic E-state index is 0.171. The molecule has 66 heavy (non-hydrogen) atoms. The Bertz CT molecular complexity index is 1260. The molecule has 1 aliphatic rings. The summed E-state index contributed by atoms with van der Waals surface area (Å²) in [6.07, 6.45) is 39.7. The highest BCUT2D eigenvalue weighted by Crippen LogP contribution is 2.24. The molecule has 13 heteroatoms. The van der Waals surface area contributed by atoms with Crippen LogP contribution in [0.15, 0.2) is 12.2 Å². The molecule has 0 aromatic carbocycles. The van der Waals surface area contributed by atoms with Gasteiger partial charge >= 0.3 is 11.9 Å². The van der Waals surface area contributed by atoms with Gasteiger partial charge < -0.3 is 34.3 Å². The van der Waals surface area contributed by atoms with Crippen LogP contribution in [0.5, 0.6) is 0 Å². The average Bonchev–Trinajstić information content (AvgIpc) is 3.28.